The van der Waals surface area contributed by atoms with Crippen molar-refractivity contribution >= 4 is 39.9 Å². The van der Waals surface area contributed by atoms with Crippen LogP contribution in [0.1, 0.15) is 32.5 Å². The molecule has 0 aliphatic carbocycles. The first-order valence-corrected chi connectivity index (χ1v) is 11.5. The number of esters is 1. The number of nitrogens with one attached hydrogen (secondary N) is 2. The Bertz CT molecular complexity index is 1330. The van der Waals surface area contributed by atoms with Crippen LogP contribution in [0, 0.1) is 0 Å². The molecule has 0 bridgehead atoms. The second-order valence-electron chi connectivity index (χ2n) is 7.77. The zero-order valence-corrected chi connectivity index (χ0v) is 19.1. The summed E-state index contributed by atoms with van der Waals surface area (Å²) in [5, 5.41) is 5.86. The van der Waals surface area contributed by atoms with Gasteiger partial charge in [-0.3, -0.25) is 0 Å². The van der Waals surface area contributed by atoms with Crippen molar-refractivity contribution in [3.05, 3.63) is 81.7 Å². The minimum Gasteiger partial charge on any atom is -0.497 e. The van der Waals surface area contributed by atoms with Crippen molar-refractivity contribution in [2.24, 2.45) is 0 Å². The van der Waals surface area contributed by atoms with Crippen LogP contribution in [-0.2, 0) is 11.2 Å². The maximum Gasteiger partial charge on any atom is 0.350 e. The summed E-state index contributed by atoms with van der Waals surface area (Å²) < 4.78 is 10.2. The van der Waals surface area contributed by atoms with Crippen molar-refractivity contribution in [3.63, 3.8) is 0 Å². The largest absolute Gasteiger partial charge is 0.497 e. The molecule has 3 heterocycles. The zero-order chi connectivity index (χ0) is 22.9. The first-order chi connectivity index (χ1) is 16.1. The molecule has 0 fully saturated rings. The number of H-pyrrole nitrogens is 1. The lowest BCUT2D eigenvalue weighted by Gasteiger charge is -2.36. The summed E-state index contributed by atoms with van der Waals surface area (Å²) in [5.74, 6) is 0.284. The number of para-hydroxylation sites is 1. The van der Waals surface area contributed by atoms with Gasteiger partial charge in [-0.1, -0.05) is 30.3 Å². The molecular formula is C25H23N3O4S. The van der Waals surface area contributed by atoms with E-state index < -0.39 is 5.97 Å². The quantitative estimate of drug-likeness (QED) is 0.409. The van der Waals surface area contributed by atoms with E-state index in [1.807, 2.05) is 36.4 Å². The third-order valence-corrected chi connectivity index (χ3v) is 6.90. The van der Waals surface area contributed by atoms with E-state index in [0.717, 1.165) is 28.9 Å². The molecule has 2 aromatic heterocycles. The number of nitrogens with zero attached hydrogens (tertiary/aromatic N) is 1. The monoisotopic (exact) mass is 461 g/mol. The molecule has 5 rings (SSSR count). The van der Waals surface area contributed by atoms with Crippen molar-refractivity contribution in [3.8, 4) is 5.75 Å². The van der Waals surface area contributed by atoms with Crippen LogP contribution in [-0.4, -0.2) is 42.6 Å². The standard InChI is InChI=1S/C25H23N3O4S/c1-31-16-9-7-15(8-10-16)22-21-18(17-5-3-4-6-19(17)26-21)11-13-28(22)25(30)27-20-12-14-33-23(20)24(29)32-2/h3-10,12,14,22,26H,11,13H2,1-2H3,(H,27,30). The van der Waals surface area contributed by atoms with Gasteiger partial charge in [-0.2, -0.15) is 0 Å². The van der Waals surface area contributed by atoms with Gasteiger partial charge < -0.3 is 24.7 Å². The number of urea groups is 1. The lowest BCUT2D eigenvalue weighted by atomic mass is 9.92. The lowest BCUT2D eigenvalue weighted by Crippen LogP contribution is -2.43. The summed E-state index contributed by atoms with van der Waals surface area (Å²) in [5.41, 5.74) is 4.70. The third-order valence-electron chi connectivity index (χ3n) is 6.00. The van der Waals surface area contributed by atoms with Gasteiger partial charge in [0.05, 0.1) is 25.9 Å². The number of aromatic amines is 1. The van der Waals surface area contributed by atoms with Gasteiger partial charge in [-0.25, -0.2) is 9.59 Å². The first-order valence-electron chi connectivity index (χ1n) is 10.6. The zero-order valence-electron chi connectivity index (χ0n) is 18.3. The predicted octanol–water partition coefficient (Wildman–Crippen LogP) is 5.20. The number of hydrogen-bond acceptors (Lipinski definition) is 5. The molecule has 0 saturated carbocycles. The molecule has 168 valence electrons. The molecular weight excluding hydrogens is 438 g/mol. The topological polar surface area (TPSA) is 83.7 Å². The maximum absolute atomic E-state index is 13.5. The van der Waals surface area contributed by atoms with Crippen molar-refractivity contribution in [2.45, 2.75) is 12.5 Å². The predicted molar refractivity (Wildman–Crippen MR) is 128 cm³/mol. The van der Waals surface area contributed by atoms with E-state index in [2.05, 4.69) is 22.4 Å². The number of ether oxygens (including phenoxy) is 2. The molecule has 4 aromatic rings. The van der Waals surface area contributed by atoms with Crippen LogP contribution in [0.2, 0.25) is 0 Å². The first kappa shape index (κ1) is 21.1. The summed E-state index contributed by atoms with van der Waals surface area (Å²) in [7, 11) is 2.96. The van der Waals surface area contributed by atoms with Crippen LogP contribution >= 0.6 is 11.3 Å². The van der Waals surface area contributed by atoms with E-state index in [0.29, 0.717) is 17.1 Å². The van der Waals surface area contributed by atoms with Gasteiger partial charge in [0.15, 0.2) is 0 Å². The Hall–Kier alpha value is -3.78. The summed E-state index contributed by atoms with van der Waals surface area (Å²) >= 11 is 1.24. The molecule has 0 spiro atoms. The Labute approximate surface area is 194 Å². The number of benzene rings is 2. The minimum atomic E-state index is -0.469. The number of rotatable bonds is 4. The summed E-state index contributed by atoms with van der Waals surface area (Å²) in [6.07, 6.45) is 0.729. The fourth-order valence-electron chi connectivity index (χ4n) is 4.44. The van der Waals surface area contributed by atoms with E-state index in [1.165, 1.54) is 29.4 Å². The molecule has 2 amide bonds. The Morgan fingerprint density at radius 2 is 1.88 bits per heavy atom. The number of hydrogen-bond donors (Lipinski definition) is 2. The highest BCUT2D eigenvalue weighted by Gasteiger charge is 2.35. The Kier molecular flexibility index (Phi) is 5.51. The molecule has 1 unspecified atom stereocenters. The smallest absolute Gasteiger partial charge is 0.350 e. The summed E-state index contributed by atoms with van der Waals surface area (Å²) in [6.45, 7) is 0.537. The number of fused-ring (bicyclic) bond motifs is 3. The molecule has 0 radical (unpaired) electrons. The lowest BCUT2D eigenvalue weighted by molar-refractivity contribution is 0.0607. The second kappa shape index (κ2) is 8.63. The molecule has 7 nitrogen and oxygen atoms in total. The summed E-state index contributed by atoms with van der Waals surface area (Å²) in [4.78, 5) is 31.3. The molecule has 1 aliphatic heterocycles. The van der Waals surface area contributed by atoms with E-state index in [-0.39, 0.29) is 12.1 Å². The fourth-order valence-corrected chi connectivity index (χ4v) is 5.20. The molecule has 1 atom stereocenters. The highest BCUT2D eigenvalue weighted by molar-refractivity contribution is 7.12. The van der Waals surface area contributed by atoms with E-state index >= 15 is 0 Å². The number of aromatic nitrogens is 1. The number of thiophene rings is 1. The van der Waals surface area contributed by atoms with Crippen LogP contribution in [0.3, 0.4) is 0 Å². The van der Waals surface area contributed by atoms with Gasteiger partial charge in [-0.15, -0.1) is 11.3 Å². The molecule has 1 aliphatic rings. The van der Waals surface area contributed by atoms with E-state index in [1.54, 1.807) is 23.5 Å². The second-order valence-corrected chi connectivity index (χ2v) is 8.68. The Balaban J connectivity index is 1.55. The van der Waals surface area contributed by atoms with Gasteiger partial charge in [0.25, 0.3) is 0 Å². The van der Waals surface area contributed by atoms with Gasteiger partial charge in [-0.05, 0) is 47.2 Å². The van der Waals surface area contributed by atoms with Gasteiger partial charge in [0, 0.05) is 23.1 Å². The molecule has 2 aromatic carbocycles. The molecule has 8 heteroatoms. The average molecular weight is 462 g/mol. The van der Waals surface area contributed by atoms with Crippen molar-refractivity contribution in [1.29, 1.82) is 0 Å². The van der Waals surface area contributed by atoms with Crippen molar-refractivity contribution in [2.75, 3.05) is 26.1 Å². The van der Waals surface area contributed by atoms with E-state index in [9.17, 15) is 9.59 Å². The third kappa shape index (κ3) is 3.72. The maximum atomic E-state index is 13.5. The Morgan fingerprint density at radius 1 is 1.09 bits per heavy atom. The molecule has 0 saturated heterocycles. The van der Waals surface area contributed by atoms with Crippen LogP contribution in [0.4, 0.5) is 10.5 Å². The average Bonchev–Trinajstić information content (AvgIpc) is 3.47. The van der Waals surface area contributed by atoms with Crippen LogP contribution in [0.25, 0.3) is 10.9 Å². The van der Waals surface area contributed by atoms with Crippen LogP contribution in [0.5, 0.6) is 5.75 Å². The van der Waals surface area contributed by atoms with Gasteiger partial charge >= 0.3 is 12.0 Å². The number of anilines is 1. The van der Waals surface area contributed by atoms with Gasteiger partial charge in [0.1, 0.15) is 10.6 Å². The van der Waals surface area contributed by atoms with Gasteiger partial charge in [0.2, 0.25) is 0 Å². The molecule has 33 heavy (non-hydrogen) atoms. The minimum absolute atomic E-state index is 0.274. The van der Waals surface area contributed by atoms with E-state index in [4.69, 9.17) is 9.47 Å². The number of amides is 2. The number of carbonyl (C=O) groups is 2. The molecule has 2 N–H and O–H groups in total. The number of methoxy groups -OCH3 is 2. The normalized spacial score (nSPS) is 15.2. The summed E-state index contributed by atoms with van der Waals surface area (Å²) in [6, 6.07) is 17.1. The van der Waals surface area contributed by atoms with Crippen molar-refractivity contribution in [1.82, 2.24) is 9.88 Å². The SMILES string of the molecule is COC(=O)c1sccc1NC(=O)N1CCc2c([nH]c3ccccc23)C1c1ccc(OC)cc1. The van der Waals surface area contributed by atoms with Crippen LogP contribution in [0.15, 0.2) is 60.0 Å². The number of carbonyl (C=O) groups excluding carboxylic acids is 2. The fraction of sp³-hybridized carbons (Fsp3) is 0.200. The highest BCUT2D eigenvalue weighted by atomic mass is 32.1. The van der Waals surface area contributed by atoms with Crippen molar-refractivity contribution < 1.29 is 19.1 Å². The van der Waals surface area contributed by atoms with Crippen LogP contribution < -0.4 is 10.1 Å². The highest BCUT2D eigenvalue weighted by Crippen LogP contribution is 2.39. The Morgan fingerprint density at radius 3 is 2.64 bits per heavy atom.